The summed E-state index contributed by atoms with van der Waals surface area (Å²) < 4.78 is 0. The maximum atomic E-state index is 12.5. The van der Waals surface area contributed by atoms with Gasteiger partial charge in [-0.3, -0.25) is 0 Å². The number of carbonyl (C=O) groups is 2. The molecule has 1 aromatic carbocycles. The minimum atomic E-state index is -0.287. The van der Waals surface area contributed by atoms with E-state index in [-0.39, 0.29) is 22.9 Å². The van der Waals surface area contributed by atoms with E-state index in [1.807, 2.05) is 13.0 Å². The number of carbonyl (C=O) groups excluding carboxylic acids is 2. The van der Waals surface area contributed by atoms with Gasteiger partial charge in [0.05, 0.1) is 5.69 Å². The number of hydrogen-bond donors (Lipinski definition) is 2. The molecule has 6 nitrogen and oxygen atoms in total. The standard InChI is InChI=1S/C21H36N4O2/c1-13-14(20(2,3)4)12-15(22-18(26)24(8)9)16(21(5,6)7)17(13)23-19(27)25(10)11/h12H,1-11H3,(H,22,26)(H,23,27). The summed E-state index contributed by atoms with van der Waals surface area (Å²) in [4.78, 5) is 27.9. The zero-order valence-corrected chi connectivity index (χ0v) is 18.8. The number of hydrogen-bond acceptors (Lipinski definition) is 2. The Balaban J connectivity index is 3.83. The molecule has 0 aliphatic carbocycles. The minimum absolute atomic E-state index is 0.143. The summed E-state index contributed by atoms with van der Waals surface area (Å²) in [7, 11) is 6.84. The molecular formula is C21H36N4O2. The minimum Gasteiger partial charge on any atom is -0.331 e. The molecule has 0 aliphatic rings. The van der Waals surface area contributed by atoms with Crippen molar-refractivity contribution in [3.8, 4) is 0 Å². The van der Waals surface area contributed by atoms with Crippen molar-refractivity contribution < 1.29 is 9.59 Å². The molecule has 0 saturated carbocycles. The highest BCUT2D eigenvalue weighted by molar-refractivity contribution is 5.96. The van der Waals surface area contributed by atoms with Gasteiger partial charge in [-0.25, -0.2) is 9.59 Å². The Morgan fingerprint density at radius 1 is 0.815 bits per heavy atom. The second-order valence-corrected chi connectivity index (χ2v) is 9.50. The largest absolute Gasteiger partial charge is 0.331 e. The molecule has 152 valence electrons. The van der Waals surface area contributed by atoms with E-state index in [2.05, 4.69) is 52.2 Å². The van der Waals surface area contributed by atoms with E-state index in [1.54, 1.807) is 28.2 Å². The highest BCUT2D eigenvalue weighted by Gasteiger charge is 2.30. The van der Waals surface area contributed by atoms with Crippen molar-refractivity contribution in [3.63, 3.8) is 0 Å². The van der Waals surface area contributed by atoms with Crippen LogP contribution in [0.1, 0.15) is 58.2 Å². The molecule has 0 unspecified atom stereocenters. The van der Waals surface area contributed by atoms with Crippen molar-refractivity contribution >= 4 is 23.4 Å². The van der Waals surface area contributed by atoms with Crippen LogP contribution in [0.2, 0.25) is 0 Å². The van der Waals surface area contributed by atoms with Gasteiger partial charge in [-0.15, -0.1) is 0 Å². The number of benzene rings is 1. The number of nitrogens with one attached hydrogen (secondary N) is 2. The Bertz CT molecular complexity index is 723. The van der Waals surface area contributed by atoms with E-state index in [0.29, 0.717) is 0 Å². The van der Waals surface area contributed by atoms with Crippen molar-refractivity contribution in [2.75, 3.05) is 38.8 Å². The summed E-state index contributed by atoms with van der Waals surface area (Å²) >= 11 is 0. The number of rotatable bonds is 2. The average molecular weight is 377 g/mol. The van der Waals surface area contributed by atoms with E-state index in [0.717, 1.165) is 28.1 Å². The van der Waals surface area contributed by atoms with Gasteiger partial charge < -0.3 is 20.4 Å². The van der Waals surface area contributed by atoms with E-state index in [4.69, 9.17) is 0 Å². The second-order valence-electron chi connectivity index (χ2n) is 9.50. The summed E-state index contributed by atoms with van der Waals surface area (Å²) in [5, 5.41) is 6.08. The van der Waals surface area contributed by atoms with Crippen LogP contribution in [0.15, 0.2) is 6.07 Å². The fourth-order valence-electron chi connectivity index (χ4n) is 3.04. The molecule has 0 fully saturated rings. The molecule has 0 aromatic heterocycles. The quantitative estimate of drug-likeness (QED) is 0.780. The summed E-state index contributed by atoms with van der Waals surface area (Å²) in [5.74, 6) is 0. The number of urea groups is 2. The van der Waals surface area contributed by atoms with E-state index < -0.39 is 0 Å². The molecule has 0 aliphatic heterocycles. The SMILES string of the molecule is Cc1c(C(C)(C)C)cc(NC(=O)N(C)C)c(C(C)(C)C)c1NC(=O)N(C)C. The van der Waals surface area contributed by atoms with Crippen LogP contribution < -0.4 is 10.6 Å². The Morgan fingerprint density at radius 3 is 1.63 bits per heavy atom. The van der Waals surface area contributed by atoms with Gasteiger partial charge in [-0.05, 0) is 34.9 Å². The molecule has 0 spiro atoms. The van der Waals surface area contributed by atoms with Gasteiger partial charge in [0.1, 0.15) is 0 Å². The second kappa shape index (κ2) is 7.79. The van der Waals surface area contributed by atoms with Crippen LogP contribution in [0.3, 0.4) is 0 Å². The first-order valence-corrected chi connectivity index (χ1v) is 9.22. The first kappa shape index (κ1) is 22.8. The molecule has 0 saturated heterocycles. The molecule has 27 heavy (non-hydrogen) atoms. The topological polar surface area (TPSA) is 64.7 Å². The Kier molecular flexibility index (Phi) is 6.57. The lowest BCUT2D eigenvalue weighted by atomic mass is 9.77. The lowest BCUT2D eigenvalue weighted by molar-refractivity contribution is 0.230. The van der Waals surface area contributed by atoms with Crippen LogP contribution in [-0.2, 0) is 10.8 Å². The first-order valence-electron chi connectivity index (χ1n) is 9.22. The fraction of sp³-hybridized carbons (Fsp3) is 0.619. The van der Waals surface area contributed by atoms with Gasteiger partial charge in [-0.1, -0.05) is 41.5 Å². The Hall–Kier alpha value is -2.24. The van der Waals surface area contributed by atoms with Crippen LogP contribution in [0.25, 0.3) is 0 Å². The summed E-state index contributed by atoms with van der Waals surface area (Å²) in [5.41, 5.74) is 4.08. The van der Waals surface area contributed by atoms with Gasteiger partial charge in [0.15, 0.2) is 0 Å². The van der Waals surface area contributed by atoms with Crippen molar-refractivity contribution in [2.24, 2.45) is 0 Å². The van der Waals surface area contributed by atoms with Crippen molar-refractivity contribution in [1.29, 1.82) is 0 Å². The molecule has 6 heteroatoms. The lowest BCUT2D eigenvalue weighted by Crippen LogP contribution is -2.32. The third-order valence-electron chi connectivity index (χ3n) is 4.43. The van der Waals surface area contributed by atoms with Crippen LogP contribution in [0.4, 0.5) is 21.0 Å². The lowest BCUT2D eigenvalue weighted by Gasteiger charge is -2.33. The zero-order valence-electron chi connectivity index (χ0n) is 18.8. The highest BCUT2D eigenvalue weighted by Crippen LogP contribution is 2.43. The molecule has 2 N–H and O–H groups in total. The predicted octanol–water partition coefficient (Wildman–Crippen LogP) is 4.78. The monoisotopic (exact) mass is 376 g/mol. The average Bonchev–Trinajstić information content (AvgIpc) is 2.47. The number of nitrogens with zero attached hydrogens (tertiary/aromatic N) is 2. The molecule has 0 bridgehead atoms. The molecule has 1 aromatic rings. The fourth-order valence-corrected chi connectivity index (χ4v) is 3.04. The summed E-state index contributed by atoms with van der Waals surface area (Å²) in [6, 6.07) is 1.65. The molecule has 1 rings (SSSR count). The van der Waals surface area contributed by atoms with Crippen molar-refractivity contribution in [2.45, 2.75) is 59.3 Å². The molecule has 0 atom stereocenters. The van der Waals surface area contributed by atoms with Gasteiger partial charge in [-0.2, -0.15) is 0 Å². The van der Waals surface area contributed by atoms with Crippen molar-refractivity contribution in [3.05, 3.63) is 22.8 Å². The van der Waals surface area contributed by atoms with Gasteiger partial charge in [0, 0.05) is 39.4 Å². The van der Waals surface area contributed by atoms with E-state index >= 15 is 0 Å². The third-order valence-corrected chi connectivity index (χ3v) is 4.43. The maximum absolute atomic E-state index is 12.5. The van der Waals surface area contributed by atoms with Crippen LogP contribution in [0, 0.1) is 6.92 Å². The van der Waals surface area contributed by atoms with Gasteiger partial charge in [0.25, 0.3) is 0 Å². The Morgan fingerprint density at radius 2 is 1.26 bits per heavy atom. The number of amides is 4. The maximum Gasteiger partial charge on any atom is 0.321 e. The van der Waals surface area contributed by atoms with E-state index in [9.17, 15) is 9.59 Å². The van der Waals surface area contributed by atoms with Crippen LogP contribution in [-0.4, -0.2) is 50.1 Å². The summed E-state index contributed by atoms with van der Waals surface area (Å²) in [6.07, 6.45) is 0. The Labute approximate surface area is 164 Å². The molecule has 4 amide bonds. The van der Waals surface area contributed by atoms with Crippen LogP contribution in [0.5, 0.6) is 0 Å². The third kappa shape index (κ3) is 5.37. The molecule has 0 radical (unpaired) electrons. The first-order chi connectivity index (χ1) is 12.1. The number of anilines is 2. The van der Waals surface area contributed by atoms with Crippen molar-refractivity contribution in [1.82, 2.24) is 9.80 Å². The van der Waals surface area contributed by atoms with Crippen LogP contribution >= 0.6 is 0 Å². The zero-order chi connectivity index (χ0) is 21.3. The summed E-state index contributed by atoms with van der Waals surface area (Å²) in [6.45, 7) is 14.6. The van der Waals surface area contributed by atoms with Gasteiger partial charge >= 0.3 is 12.1 Å². The van der Waals surface area contributed by atoms with Gasteiger partial charge in [0.2, 0.25) is 0 Å². The molecule has 0 heterocycles. The smallest absolute Gasteiger partial charge is 0.321 e. The van der Waals surface area contributed by atoms with E-state index in [1.165, 1.54) is 9.80 Å². The molecular weight excluding hydrogens is 340 g/mol. The predicted molar refractivity (Wildman–Crippen MR) is 114 cm³/mol. The highest BCUT2D eigenvalue weighted by atomic mass is 16.2. The normalized spacial score (nSPS) is 11.8.